The smallest absolute Gasteiger partial charge is 0.316 e. The van der Waals surface area contributed by atoms with E-state index in [0.717, 1.165) is 12.8 Å². The fourth-order valence-electron chi connectivity index (χ4n) is 1.40. The fourth-order valence-corrected chi connectivity index (χ4v) is 2.47. The number of thioether (sulfide) groups is 1. The van der Waals surface area contributed by atoms with Crippen LogP contribution in [0.4, 0.5) is 8.78 Å². The van der Waals surface area contributed by atoms with Crippen LogP contribution >= 0.6 is 11.8 Å². The third-order valence-corrected chi connectivity index (χ3v) is 3.98. The van der Waals surface area contributed by atoms with E-state index in [4.69, 9.17) is 5.11 Å². The highest BCUT2D eigenvalue weighted by atomic mass is 32.2. The van der Waals surface area contributed by atoms with Gasteiger partial charge in [-0.05, 0) is 18.6 Å². The average molecular weight is 268 g/mol. The molecular weight excluding hydrogens is 246 g/mol. The van der Waals surface area contributed by atoms with E-state index in [1.807, 2.05) is 6.92 Å². The minimum Gasteiger partial charge on any atom is -0.480 e. The second-order valence-corrected chi connectivity index (χ2v) is 5.46. The monoisotopic (exact) mass is 268 g/mol. The normalized spacial score (nSPS) is 13.6. The van der Waals surface area contributed by atoms with E-state index < -0.39 is 17.1 Å². The molecule has 0 fully saturated rings. The van der Waals surface area contributed by atoms with Gasteiger partial charge in [-0.25, -0.2) is 8.78 Å². The summed E-state index contributed by atoms with van der Waals surface area (Å²) >= 11 is 1.29. The summed E-state index contributed by atoms with van der Waals surface area (Å²) in [7, 11) is 0. The zero-order valence-electron chi connectivity index (χ0n) is 10.5. The number of hydrogen-bond donors (Lipinski definition) is 1. The molecule has 0 aromatic carbocycles. The topological polar surface area (TPSA) is 37.3 Å². The maximum atomic E-state index is 12.9. The van der Waals surface area contributed by atoms with Crippen LogP contribution in [0, 0.1) is 0 Å². The highest BCUT2D eigenvalue weighted by molar-refractivity contribution is 8.00. The van der Waals surface area contributed by atoms with Crippen LogP contribution in [0.2, 0.25) is 0 Å². The van der Waals surface area contributed by atoms with Crippen LogP contribution in [-0.2, 0) is 4.79 Å². The van der Waals surface area contributed by atoms with Crippen molar-refractivity contribution in [2.75, 3.05) is 5.75 Å². The minimum absolute atomic E-state index is 0.142. The molecule has 0 spiro atoms. The van der Waals surface area contributed by atoms with Crippen LogP contribution in [-0.4, -0.2) is 28.0 Å². The van der Waals surface area contributed by atoms with Crippen molar-refractivity contribution in [3.8, 4) is 0 Å². The number of hydrogen-bond acceptors (Lipinski definition) is 2. The molecule has 0 aliphatic carbocycles. The van der Waals surface area contributed by atoms with Gasteiger partial charge in [0.2, 0.25) is 5.92 Å². The predicted octanol–water partition coefficient (Wildman–Crippen LogP) is 4.19. The number of carboxylic acid groups (broad SMARTS) is 1. The molecule has 17 heavy (non-hydrogen) atoms. The maximum Gasteiger partial charge on any atom is 0.316 e. The zero-order valence-corrected chi connectivity index (χ0v) is 11.4. The SMILES string of the molecule is CCCCC(SCCCC(F)(F)CC)C(=O)O. The van der Waals surface area contributed by atoms with Crippen molar-refractivity contribution < 1.29 is 18.7 Å². The number of aliphatic carboxylic acids is 1. The fraction of sp³-hybridized carbons (Fsp3) is 0.917. The molecule has 0 radical (unpaired) electrons. The summed E-state index contributed by atoms with van der Waals surface area (Å²) in [5, 5.41) is 8.50. The predicted molar refractivity (Wildman–Crippen MR) is 67.9 cm³/mol. The highest BCUT2D eigenvalue weighted by Gasteiger charge is 2.25. The summed E-state index contributed by atoms with van der Waals surface area (Å²) in [5.41, 5.74) is 0. The van der Waals surface area contributed by atoms with E-state index in [2.05, 4.69) is 0 Å². The zero-order chi connectivity index (χ0) is 13.3. The average Bonchev–Trinajstić information content (AvgIpc) is 2.27. The summed E-state index contributed by atoms with van der Waals surface area (Å²) in [6.45, 7) is 3.47. The van der Waals surface area contributed by atoms with Gasteiger partial charge >= 0.3 is 5.97 Å². The van der Waals surface area contributed by atoms with Crippen LogP contribution in [0.1, 0.15) is 52.4 Å². The first-order chi connectivity index (χ1) is 7.93. The van der Waals surface area contributed by atoms with Gasteiger partial charge in [-0.15, -0.1) is 11.8 Å². The van der Waals surface area contributed by atoms with Gasteiger partial charge in [-0.1, -0.05) is 26.7 Å². The second-order valence-electron chi connectivity index (χ2n) is 4.15. The molecule has 0 aromatic rings. The molecule has 1 N–H and O–H groups in total. The first kappa shape index (κ1) is 16.7. The summed E-state index contributed by atoms with van der Waals surface area (Å²) in [6.07, 6.45) is 2.54. The Morgan fingerprint density at radius 2 is 2.00 bits per heavy atom. The largest absolute Gasteiger partial charge is 0.480 e. The lowest BCUT2D eigenvalue weighted by atomic mass is 10.1. The van der Waals surface area contributed by atoms with E-state index in [-0.39, 0.29) is 12.8 Å². The molecule has 2 nitrogen and oxygen atoms in total. The number of rotatable bonds is 10. The van der Waals surface area contributed by atoms with Crippen molar-refractivity contribution in [3.05, 3.63) is 0 Å². The molecule has 0 amide bonds. The van der Waals surface area contributed by atoms with Crippen molar-refractivity contribution in [2.45, 2.75) is 63.5 Å². The molecular formula is C12H22F2O2S. The van der Waals surface area contributed by atoms with E-state index in [1.165, 1.54) is 18.7 Å². The Balaban J connectivity index is 3.79. The Bertz CT molecular complexity index is 223. The van der Waals surface area contributed by atoms with Crippen molar-refractivity contribution in [1.82, 2.24) is 0 Å². The summed E-state index contributed by atoms with van der Waals surface area (Å²) in [4.78, 5) is 10.9. The quantitative estimate of drug-likeness (QED) is 0.604. The van der Waals surface area contributed by atoms with E-state index in [9.17, 15) is 13.6 Å². The van der Waals surface area contributed by atoms with Gasteiger partial charge in [0.05, 0.1) is 0 Å². The van der Waals surface area contributed by atoms with Gasteiger partial charge in [0.25, 0.3) is 0 Å². The molecule has 0 heterocycles. The molecule has 0 aromatic heterocycles. The summed E-state index contributed by atoms with van der Waals surface area (Å²) in [6, 6.07) is 0. The Morgan fingerprint density at radius 3 is 2.47 bits per heavy atom. The maximum absolute atomic E-state index is 12.9. The second kappa shape index (κ2) is 8.72. The van der Waals surface area contributed by atoms with Gasteiger partial charge in [0, 0.05) is 12.8 Å². The molecule has 0 saturated heterocycles. The molecule has 0 aliphatic heterocycles. The Kier molecular flexibility index (Phi) is 8.56. The van der Waals surface area contributed by atoms with Crippen molar-refractivity contribution in [1.29, 1.82) is 0 Å². The Labute approximate surface area is 106 Å². The molecule has 102 valence electrons. The number of halogens is 2. The lowest BCUT2D eigenvalue weighted by Gasteiger charge is -2.15. The molecule has 0 aliphatic rings. The molecule has 0 rings (SSSR count). The van der Waals surface area contributed by atoms with Gasteiger partial charge < -0.3 is 5.11 Å². The molecule has 5 heteroatoms. The van der Waals surface area contributed by atoms with Crippen molar-refractivity contribution in [3.63, 3.8) is 0 Å². The Morgan fingerprint density at radius 1 is 1.35 bits per heavy atom. The lowest BCUT2D eigenvalue weighted by Crippen LogP contribution is -2.18. The number of alkyl halides is 2. The van der Waals surface area contributed by atoms with Gasteiger partial charge in [-0.3, -0.25) is 4.79 Å². The van der Waals surface area contributed by atoms with Crippen LogP contribution in [0.25, 0.3) is 0 Å². The first-order valence-electron chi connectivity index (χ1n) is 6.15. The van der Waals surface area contributed by atoms with E-state index in [1.54, 1.807) is 0 Å². The van der Waals surface area contributed by atoms with Crippen LogP contribution < -0.4 is 0 Å². The number of unbranched alkanes of at least 4 members (excludes halogenated alkanes) is 1. The molecule has 1 unspecified atom stereocenters. The minimum atomic E-state index is -2.59. The van der Waals surface area contributed by atoms with Gasteiger partial charge in [0.1, 0.15) is 5.25 Å². The third-order valence-electron chi connectivity index (χ3n) is 2.62. The van der Waals surface area contributed by atoms with Crippen LogP contribution in [0.3, 0.4) is 0 Å². The lowest BCUT2D eigenvalue weighted by molar-refractivity contribution is -0.136. The molecule has 1 atom stereocenters. The summed E-state index contributed by atoms with van der Waals surface area (Å²) < 4.78 is 25.8. The van der Waals surface area contributed by atoms with Gasteiger partial charge in [-0.2, -0.15) is 0 Å². The summed E-state index contributed by atoms with van der Waals surface area (Å²) in [5.74, 6) is -2.93. The van der Waals surface area contributed by atoms with E-state index in [0.29, 0.717) is 18.6 Å². The third kappa shape index (κ3) is 8.41. The Hall–Kier alpha value is -0.320. The van der Waals surface area contributed by atoms with Crippen LogP contribution in [0.15, 0.2) is 0 Å². The molecule has 0 bridgehead atoms. The number of carbonyl (C=O) groups is 1. The van der Waals surface area contributed by atoms with Crippen molar-refractivity contribution >= 4 is 17.7 Å². The van der Waals surface area contributed by atoms with Crippen LogP contribution in [0.5, 0.6) is 0 Å². The van der Waals surface area contributed by atoms with E-state index >= 15 is 0 Å². The molecule has 0 saturated carbocycles. The highest BCUT2D eigenvalue weighted by Crippen LogP contribution is 2.26. The number of carboxylic acids is 1. The van der Waals surface area contributed by atoms with Gasteiger partial charge in [0.15, 0.2) is 0 Å². The standard InChI is InChI=1S/C12H22F2O2S/c1-3-5-7-10(11(15)16)17-9-6-8-12(13,14)4-2/h10H,3-9H2,1-2H3,(H,15,16). The first-order valence-corrected chi connectivity index (χ1v) is 7.20. The van der Waals surface area contributed by atoms with Crippen molar-refractivity contribution in [2.24, 2.45) is 0 Å².